The highest BCUT2D eigenvalue weighted by Gasteiger charge is 2.43. The predicted octanol–water partition coefficient (Wildman–Crippen LogP) is 6.09. The van der Waals surface area contributed by atoms with Gasteiger partial charge in [-0.05, 0) is 25.3 Å². The van der Waals surface area contributed by atoms with Crippen LogP contribution in [0.4, 0.5) is 13.2 Å². The lowest BCUT2D eigenvalue weighted by Crippen LogP contribution is -2.08. The Bertz CT molecular complexity index is 1210. The van der Waals surface area contributed by atoms with Crippen LogP contribution in [0.3, 0.4) is 0 Å². The second-order valence-electron chi connectivity index (χ2n) is 7.10. The molecule has 0 bridgehead atoms. The third-order valence-electron chi connectivity index (χ3n) is 5.18. The zero-order chi connectivity index (χ0) is 20.2. The van der Waals surface area contributed by atoms with Gasteiger partial charge in [-0.15, -0.1) is 0 Å². The van der Waals surface area contributed by atoms with Gasteiger partial charge in [-0.1, -0.05) is 64.4 Å². The normalized spacial score (nSPS) is 13.2. The molecule has 0 amide bonds. The van der Waals surface area contributed by atoms with Gasteiger partial charge in [0.2, 0.25) is 11.5 Å². The molecule has 1 aliphatic rings. The Kier molecular flexibility index (Phi) is 3.87. The maximum absolute atomic E-state index is 14.0. The summed E-state index contributed by atoms with van der Waals surface area (Å²) in [4.78, 5) is 0. The SMILES string of the molecule is Cc1ccc2c(c1)CCc1c-2noc1-c1onc(-c2ccccc2)c1C(F)(F)F. The Morgan fingerprint density at radius 2 is 1.59 bits per heavy atom. The number of aromatic nitrogens is 2. The molecule has 7 heteroatoms. The van der Waals surface area contributed by atoms with E-state index in [1.165, 1.54) is 0 Å². The van der Waals surface area contributed by atoms with Crippen molar-refractivity contribution in [2.75, 3.05) is 0 Å². The lowest BCUT2D eigenvalue weighted by molar-refractivity contribution is -0.136. The predicted molar refractivity (Wildman–Crippen MR) is 100 cm³/mol. The average Bonchev–Trinajstić information content (AvgIpc) is 3.32. The number of rotatable bonds is 2. The van der Waals surface area contributed by atoms with E-state index in [0.717, 1.165) is 16.7 Å². The fourth-order valence-corrected chi connectivity index (χ4v) is 3.85. The maximum atomic E-state index is 14.0. The second-order valence-corrected chi connectivity index (χ2v) is 7.10. The Labute approximate surface area is 163 Å². The van der Waals surface area contributed by atoms with E-state index in [4.69, 9.17) is 9.05 Å². The van der Waals surface area contributed by atoms with Crippen molar-refractivity contribution in [2.45, 2.75) is 25.9 Å². The standard InChI is InChI=1S/C22H15F3N2O2/c1-12-7-9-15-14(11-12)8-10-16-19(15)27-28-20(16)21-17(22(23,24)25)18(26-29-21)13-5-3-2-4-6-13/h2-7,9,11H,8,10H2,1H3. The molecule has 0 saturated heterocycles. The summed E-state index contributed by atoms with van der Waals surface area (Å²) < 4.78 is 52.5. The van der Waals surface area contributed by atoms with Gasteiger partial charge in [0.25, 0.3) is 0 Å². The van der Waals surface area contributed by atoms with Crippen molar-refractivity contribution < 1.29 is 22.2 Å². The van der Waals surface area contributed by atoms with Gasteiger partial charge >= 0.3 is 6.18 Å². The molecule has 2 aromatic carbocycles. The molecule has 146 valence electrons. The molecule has 5 rings (SSSR count). The number of benzene rings is 2. The second kappa shape index (κ2) is 6.34. The van der Waals surface area contributed by atoms with Crippen LogP contribution in [0.25, 0.3) is 34.0 Å². The van der Waals surface area contributed by atoms with E-state index in [-0.39, 0.29) is 11.5 Å². The van der Waals surface area contributed by atoms with Gasteiger partial charge < -0.3 is 9.05 Å². The van der Waals surface area contributed by atoms with Gasteiger partial charge in [0, 0.05) is 16.7 Å². The van der Waals surface area contributed by atoms with Gasteiger partial charge in [-0.3, -0.25) is 0 Å². The van der Waals surface area contributed by atoms with E-state index in [1.807, 2.05) is 19.1 Å². The molecule has 29 heavy (non-hydrogen) atoms. The van der Waals surface area contributed by atoms with Crippen molar-refractivity contribution in [1.82, 2.24) is 10.3 Å². The molecule has 0 aliphatic heterocycles. The van der Waals surface area contributed by atoms with Crippen molar-refractivity contribution in [2.24, 2.45) is 0 Å². The molecular weight excluding hydrogens is 381 g/mol. The maximum Gasteiger partial charge on any atom is 0.422 e. The molecule has 0 atom stereocenters. The summed E-state index contributed by atoms with van der Waals surface area (Å²) in [7, 11) is 0. The highest BCUT2D eigenvalue weighted by Crippen LogP contribution is 2.46. The fraction of sp³-hybridized carbons (Fsp3) is 0.182. The van der Waals surface area contributed by atoms with Crippen LogP contribution in [0.15, 0.2) is 57.6 Å². The molecule has 1 aliphatic carbocycles. The summed E-state index contributed by atoms with van der Waals surface area (Å²) in [5.41, 5.74) is 3.40. The van der Waals surface area contributed by atoms with Crippen molar-refractivity contribution in [1.29, 1.82) is 0 Å². The molecular formula is C22H15F3N2O2. The van der Waals surface area contributed by atoms with Crippen molar-refractivity contribution in [3.05, 3.63) is 70.8 Å². The minimum absolute atomic E-state index is 0.00627. The minimum Gasteiger partial charge on any atom is -0.352 e. The van der Waals surface area contributed by atoms with Gasteiger partial charge in [-0.25, -0.2) is 0 Å². The molecule has 4 nitrogen and oxygen atoms in total. The van der Waals surface area contributed by atoms with Gasteiger partial charge in [0.05, 0.1) is 0 Å². The molecule has 0 saturated carbocycles. The lowest BCUT2D eigenvalue weighted by atomic mass is 9.87. The van der Waals surface area contributed by atoms with E-state index in [0.29, 0.717) is 29.7 Å². The van der Waals surface area contributed by atoms with Crippen LogP contribution in [0, 0.1) is 6.92 Å². The Morgan fingerprint density at radius 1 is 0.862 bits per heavy atom. The first kappa shape index (κ1) is 17.7. The van der Waals surface area contributed by atoms with Crippen molar-refractivity contribution >= 4 is 0 Å². The van der Waals surface area contributed by atoms with Gasteiger partial charge in [0.1, 0.15) is 17.0 Å². The highest BCUT2D eigenvalue weighted by atomic mass is 19.4. The quantitative estimate of drug-likeness (QED) is 0.411. The summed E-state index contributed by atoms with van der Waals surface area (Å²) in [6.07, 6.45) is -3.45. The van der Waals surface area contributed by atoms with Gasteiger partial charge in [-0.2, -0.15) is 13.2 Å². The Hall–Kier alpha value is -3.35. The van der Waals surface area contributed by atoms with Crippen LogP contribution >= 0.6 is 0 Å². The first-order valence-electron chi connectivity index (χ1n) is 9.14. The van der Waals surface area contributed by atoms with Crippen LogP contribution in [-0.4, -0.2) is 10.3 Å². The Morgan fingerprint density at radius 3 is 2.34 bits per heavy atom. The third-order valence-corrected chi connectivity index (χ3v) is 5.18. The highest BCUT2D eigenvalue weighted by molar-refractivity contribution is 5.79. The van der Waals surface area contributed by atoms with E-state index < -0.39 is 17.5 Å². The van der Waals surface area contributed by atoms with Crippen LogP contribution in [0.5, 0.6) is 0 Å². The number of hydrogen-bond donors (Lipinski definition) is 0. The molecule has 2 aromatic heterocycles. The minimum atomic E-state index is -4.66. The van der Waals surface area contributed by atoms with E-state index >= 15 is 0 Å². The molecule has 2 heterocycles. The Balaban J connectivity index is 1.69. The summed E-state index contributed by atoms with van der Waals surface area (Å²) >= 11 is 0. The average molecular weight is 396 g/mol. The topological polar surface area (TPSA) is 52.1 Å². The number of nitrogens with zero attached hydrogens (tertiary/aromatic N) is 2. The first-order valence-corrected chi connectivity index (χ1v) is 9.14. The van der Waals surface area contributed by atoms with Crippen LogP contribution in [0.2, 0.25) is 0 Å². The number of aryl methyl sites for hydroxylation is 2. The first-order chi connectivity index (χ1) is 13.9. The summed E-state index contributed by atoms with van der Waals surface area (Å²) in [6, 6.07) is 14.1. The van der Waals surface area contributed by atoms with Crippen LogP contribution in [-0.2, 0) is 19.0 Å². The van der Waals surface area contributed by atoms with E-state index in [9.17, 15) is 13.2 Å². The number of halogens is 3. The zero-order valence-corrected chi connectivity index (χ0v) is 15.4. The van der Waals surface area contributed by atoms with E-state index in [2.05, 4.69) is 16.4 Å². The molecule has 0 spiro atoms. The lowest BCUT2D eigenvalue weighted by Gasteiger charge is -2.15. The number of hydrogen-bond acceptors (Lipinski definition) is 4. The largest absolute Gasteiger partial charge is 0.422 e. The monoisotopic (exact) mass is 396 g/mol. The fourth-order valence-electron chi connectivity index (χ4n) is 3.85. The number of fused-ring (bicyclic) bond motifs is 3. The summed E-state index contributed by atoms with van der Waals surface area (Å²) in [5, 5.41) is 7.81. The zero-order valence-electron chi connectivity index (χ0n) is 15.4. The molecule has 0 radical (unpaired) electrons. The summed E-state index contributed by atoms with van der Waals surface area (Å²) in [6.45, 7) is 2.00. The van der Waals surface area contributed by atoms with Crippen molar-refractivity contribution in [3.8, 4) is 34.0 Å². The third kappa shape index (κ3) is 2.85. The molecule has 4 aromatic rings. The van der Waals surface area contributed by atoms with Crippen LogP contribution < -0.4 is 0 Å². The number of alkyl halides is 3. The van der Waals surface area contributed by atoms with E-state index in [1.54, 1.807) is 30.3 Å². The molecule has 0 fully saturated rings. The van der Waals surface area contributed by atoms with Crippen molar-refractivity contribution in [3.63, 3.8) is 0 Å². The summed E-state index contributed by atoms with van der Waals surface area (Å²) in [5.74, 6) is -0.436. The smallest absolute Gasteiger partial charge is 0.352 e. The van der Waals surface area contributed by atoms with Crippen LogP contribution in [0.1, 0.15) is 22.3 Å². The van der Waals surface area contributed by atoms with Gasteiger partial charge in [0.15, 0.2) is 0 Å². The molecule has 0 unspecified atom stereocenters. The molecule has 0 N–H and O–H groups in total.